The second kappa shape index (κ2) is 5.44. The average molecular weight is 254 g/mol. The molecule has 0 saturated heterocycles. The van der Waals surface area contributed by atoms with Gasteiger partial charge in [0.1, 0.15) is 11.6 Å². The largest absolute Gasteiger partial charge is 0.352 e. The second-order valence-electron chi connectivity index (χ2n) is 4.72. The van der Waals surface area contributed by atoms with Crippen molar-refractivity contribution in [1.82, 2.24) is 5.32 Å². The zero-order valence-electron chi connectivity index (χ0n) is 9.96. The van der Waals surface area contributed by atoms with Gasteiger partial charge in [-0.2, -0.15) is 0 Å². The van der Waals surface area contributed by atoms with Crippen molar-refractivity contribution in [3.63, 3.8) is 0 Å². The summed E-state index contributed by atoms with van der Waals surface area (Å²) in [4.78, 5) is 11.5. The van der Waals surface area contributed by atoms with Crippen LogP contribution in [0.4, 0.5) is 8.78 Å². The summed E-state index contributed by atoms with van der Waals surface area (Å²) in [6, 6.07) is 3.19. The summed E-state index contributed by atoms with van der Waals surface area (Å²) in [7, 11) is 0. The second-order valence-corrected chi connectivity index (χ2v) is 4.72. The van der Waals surface area contributed by atoms with Gasteiger partial charge in [-0.15, -0.1) is 0 Å². The first-order valence-corrected chi connectivity index (χ1v) is 6.02. The lowest BCUT2D eigenvalue weighted by molar-refractivity contribution is -0.121. The Hall–Kier alpha value is -1.49. The number of amides is 1. The molecule has 18 heavy (non-hydrogen) atoms. The first-order chi connectivity index (χ1) is 8.56. The van der Waals surface area contributed by atoms with Crippen LogP contribution in [-0.4, -0.2) is 11.9 Å². The van der Waals surface area contributed by atoms with Crippen molar-refractivity contribution in [3.05, 3.63) is 35.4 Å². The third-order valence-corrected chi connectivity index (χ3v) is 3.14. The van der Waals surface area contributed by atoms with Crippen LogP contribution in [0.1, 0.15) is 24.8 Å². The highest BCUT2D eigenvalue weighted by atomic mass is 19.1. The van der Waals surface area contributed by atoms with Gasteiger partial charge >= 0.3 is 0 Å². The molecule has 1 fully saturated rings. The molecule has 1 aliphatic rings. The van der Waals surface area contributed by atoms with Crippen LogP contribution in [0.25, 0.3) is 0 Å². The zero-order chi connectivity index (χ0) is 13.1. The molecule has 98 valence electrons. The van der Waals surface area contributed by atoms with Gasteiger partial charge in [-0.1, -0.05) is 6.07 Å². The normalized spacial score (nSPS) is 16.4. The van der Waals surface area contributed by atoms with Crippen molar-refractivity contribution in [2.45, 2.75) is 31.8 Å². The van der Waals surface area contributed by atoms with E-state index in [0.717, 1.165) is 18.9 Å². The molecule has 0 heterocycles. The molecule has 0 aromatic heterocycles. The Kier molecular flexibility index (Phi) is 3.91. The van der Waals surface area contributed by atoms with Gasteiger partial charge in [0.25, 0.3) is 0 Å². The lowest BCUT2D eigenvalue weighted by Gasteiger charge is -2.10. The number of halogens is 2. The van der Waals surface area contributed by atoms with E-state index in [2.05, 4.69) is 5.32 Å². The van der Waals surface area contributed by atoms with Crippen molar-refractivity contribution >= 4 is 5.91 Å². The Morgan fingerprint density at radius 2 is 2.17 bits per heavy atom. The minimum Gasteiger partial charge on any atom is -0.352 e. The third-order valence-electron chi connectivity index (χ3n) is 3.14. The molecular formula is C13H16F2N2O. The van der Waals surface area contributed by atoms with E-state index in [0.29, 0.717) is 5.92 Å². The molecule has 0 bridgehead atoms. The highest BCUT2D eigenvalue weighted by Gasteiger charge is 2.29. The van der Waals surface area contributed by atoms with E-state index in [1.54, 1.807) is 0 Å². The number of carbonyl (C=O) groups is 1. The molecule has 1 aliphatic carbocycles. The van der Waals surface area contributed by atoms with E-state index < -0.39 is 11.6 Å². The molecule has 1 saturated carbocycles. The summed E-state index contributed by atoms with van der Waals surface area (Å²) in [6.45, 7) is 0.0579. The van der Waals surface area contributed by atoms with Gasteiger partial charge in [-0.25, -0.2) is 8.78 Å². The van der Waals surface area contributed by atoms with Crippen LogP contribution in [-0.2, 0) is 11.3 Å². The lowest BCUT2D eigenvalue weighted by atomic mass is 10.1. The quantitative estimate of drug-likeness (QED) is 0.840. The number of hydrogen-bond donors (Lipinski definition) is 2. The summed E-state index contributed by atoms with van der Waals surface area (Å²) in [5.41, 5.74) is 6.08. The van der Waals surface area contributed by atoms with E-state index in [1.807, 2.05) is 0 Å². The molecule has 0 aliphatic heterocycles. The minimum absolute atomic E-state index is 0.0579. The van der Waals surface area contributed by atoms with Crippen molar-refractivity contribution in [3.8, 4) is 0 Å². The molecular weight excluding hydrogens is 238 g/mol. The molecule has 5 heteroatoms. The van der Waals surface area contributed by atoms with E-state index in [1.165, 1.54) is 12.1 Å². The fourth-order valence-corrected chi connectivity index (χ4v) is 1.84. The standard InChI is InChI=1S/C13H16F2N2O/c14-10-4-3-9(11(15)5-10)7-17-13(18)6-12(16)8-1-2-8/h3-5,8,12H,1-2,6-7,16H2,(H,17,18). The first-order valence-electron chi connectivity index (χ1n) is 6.02. The number of rotatable bonds is 5. The van der Waals surface area contributed by atoms with Crippen molar-refractivity contribution in [2.24, 2.45) is 11.7 Å². The van der Waals surface area contributed by atoms with Crippen LogP contribution in [0.15, 0.2) is 18.2 Å². The summed E-state index contributed by atoms with van der Waals surface area (Å²) < 4.78 is 26.0. The summed E-state index contributed by atoms with van der Waals surface area (Å²) >= 11 is 0. The predicted octanol–water partition coefficient (Wildman–Crippen LogP) is 1.71. The molecule has 3 N–H and O–H groups in total. The highest BCUT2D eigenvalue weighted by Crippen LogP contribution is 2.32. The number of hydrogen-bond acceptors (Lipinski definition) is 2. The van der Waals surface area contributed by atoms with E-state index in [9.17, 15) is 13.6 Å². The summed E-state index contributed by atoms with van der Waals surface area (Å²) in [5, 5.41) is 2.59. The van der Waals surface area contributed by atoms with Gasteiger partial charge in [0, 0.05) is 30.6 Å². The van der Waals surface area contributed by atoms with Crippen molar-refractivity contribution in [1.29, 1.82) is 0 Å². The maximum Gasteiger partial charge on any atom is 0.221 e. The molecule has 1 aromatic rings. The molecule has 2 rings (SSSR count). The van der Waals surface area contributed by atoms with Gasteiger partial charge < -0.3 is 11.1 Å². The Bertz CT molecular complexity index is 447. The number of carbonyl (C=O) groups excluding carboxylic acids is 1. The molecule has 0 spiro atoms. The van der Waals surface area contributed by atoms with Crippen LogP contribution < -0.4 is 11.1 Å². The molecule has 3 nitrogen and oxygen atoms in total. The van der Waals surface area contributed by atoms with E-state index in [-0.39, 0.29) is 30.5 Å². The maximum absolute atomic E-state index is 13.3. The van der Waals surface area contributed by atoms with Gasteiger partial charge in [0.05, 0.1) is 0 Å². The Labute approximate surface area is 104 Å². The monoisotopic (exact) mass is 254 g/mol. The molecule has 1 atom stereocenters. The van der Waals surface area contributed by atoms with Gasteiger partial charge in [0.2, 0.25) is 5.91 Å². The van der Waals surface area contributed by atoms with Crippen LogP contribution >= 0.6 is 0 Å². The maximum atomic E-state index is 13.3. The molecule has 0 radical (unpaired) electrons. The number of nitrogens with two attached hydrogens (primary N) is 1. The lowest BCUT2D eigenvalue weighted by Crippen LogP contribution is -2.32. The Morgan fingerprint density at radius 3 is 2.78 bits per heavy atom. The van der Waals surface area contributed by atoms with Gasteiger partial charge in [-0.3, -0.25) is 4.79 Å². The van der Waals surface area contributed by atoms with Crippen LogP contribution in [0, 0.1) is 17.6 Å². The number of nitrogens with one attached hydrogen (secondary N) is 1. The number of benzene rings is 1. The van der Waals surface area contributed by atoms with Crippen molar-refractivity contribution in [2.75, 3.05) is 0 Å². The smallest absolute Gasteiger partial charge is 0.221 e. The Morgan fingerprint density at radius 1 is 1.44 bits per heavy atom. The van der Waals surface area contributed by atoms with Gasteiger partial charge in [0.15, 0.2) is 0 Å². The Balaban J connectivity index is 1.81. The van der Waals surface area contributed by atoms with Crippen LogP contribution in [0.2, 0.25) is 0 Å². The van der Waals surface area contributed by atoms with Crippen molar-refractivity contribution < 1.29 is 13.6 Å². The fraction of sp³-hybridized carbons (Fsp3) is 0.462. The summed E-state index contributed by atoms with van der Waals surface area (Å²) in [6.07, 6.45) is 2.43. The van der Waals surface area contributed by atoms with E-state index >= 15 is 0 Å². The van der Waals surface area contributed by atoms with E-state index in [4.69, 9.17) is 5.73 Å². The zero-order valence-corrected chi connectivity index (χ0v) is 9.96. The SMILES string of the molecule is NC(CC(=O)NCc1ccc(F)cc1F)C1CC1. The molecule has 1 aromatic carbocycles. The predicted molar refractivity (Wildman–Crippen MR) is 63.5 cm³/mol. The van der Waals surface area contributed by atoms with Crippen LogP contribution in [0.5, 0.6) is 0 Å². The summed E-state index contributed by atoms with van der Waals surface area (Å²) in [5.74, 6) is -1.02. The average Bonchev–Trinajstić information content (AvgIpc) is 3.11. The van der Waals surface area contributed by atoms with Crippen LogP contribution in [0.3, 0.4) is 0 Å². The first kappa shape index (κ1) is 13.0. The minimum atomic E-state index is -0.651. The highest BCUT2D eigenvalue weighted by molar-refractivity contribution is 5.76. The van der Waals surface area contributed by atoms with Gasteiger partial charge in [-0.05, 0) is 24.8 Å². The molecule has 1 unspecified atom stereocenters. The third kappa shape index (κ3) is 3.50. The fourth-order valence-electron chi connectivity index (χ4n) is 1.84. The topological polar surface area (TPSA) is 55.1 Å². The molecule has 1 amide bonds.